The van der Waals surface area contributed by atoms with Crippen molar-refractivity contribution < 1.29 is 13.6 Å². The monoisotopic (exact) mass is 367 g/mol. The smallest absolute Gasteiger partial charge is 0.340 e. The number of hydrogen-bond donors (Lipinski definition) is 1. The summed E-state index contributed by atoms with van der Waals surface area (Å²) in [5.74, 6) is -0.0998. The van der Waals surface area contributed by atoms with Crippen molar-refractivity contribution in [2.75, 3.05) is 0 Å². The van der Waals surface area contributed by atoms with Crippen LogP contribution in [0.4, 0.5) is 0 Å². The van der Waals surface area contributed by atoms with E-state index in [0.29, 0.717) is 16.7 Å². The molecule has 0 bridgehead atoms. The number of hydrogen-bond acceptors (Lipinski definition) is 4. The molecule has 2 heterocycles. The Morgan fingerprint density at radius 2 is 1.81 bits per heavy atom. The molecule has 0 aliphatic heterocycles. The second-order valence-electron chi connectivity index (χ2n) is 7.69. The lowest BCUT2D eigenvalue weighted by Gasteiger charge is -2.16. The number of benzene rings is 1. The molecule has 4 rings (SSSR count). The molecule has 1 fully saturated rings. The number of fused-ring (bicyclic) bond motifs is 2. The van der Waals surface area contributed by atoms with Crippen LogP contribution in [0.1, 0.15) is 55.2 Å². The van der Waals surface area contributed by atoms with Crippen molar-refractivity contribution in [1.29, 1.82) is 0 Å². The van der Waals surface area contributed by atoms with E-state index in [1.54, 1.807) is 12.3 Å². The van der Waals surface area contributed by atoms with Gasteiger partial charge < -0.3 is 14.2 Å². The molecule has 0 atom stereocenters. The van der Waals surface area contributed by atoms with Crippen LogP contribution in [0.15, 0.2) is 32.0 Å². The largest absolute Gasteiger partial charge is 0.464 e. The molecule has 0 radical (unpaired) electrons. The third-order valence-electron chi connectivity index (χ3n) is 5.73. The summed E-state index contributed by atoms with van der Waals surface area (Å²) in [6, 6.07) is 3.96. The van der Waals surface area contributed by atoms with E-state index in [1.165, 1.54) is 12.8 Å². The van der Waals surface area contributed by atoms with Gasteiger partial charge in [-0.2, -0.15) is 0 Å². The summed E-state index contributed by atoms with van der Waals surface area (Å²) in [5, 5.41) is 4.95. The molecule has 27 heavy (non-hydrogen) atoms. The zero-order chi connectivity index (χ0) is 19.0. The second-order valence-corrected chi connectivity index (χ2v) is 7.69. The van der Waals surface area contributed by atoms with Crippen LogP contribution in [0, 0.1) is 13.8 Å². The van der Waals surface area contributed by atoms with Crippen LogP contribution >= 0.6 is 0 Å². The first kappa shape index (κ1) is 17.8. The molecule has 0 saturated heterocycles. The van der Waals surface area contributed by atoms with E-state index in [9.17, 15) is 9.59 Å². The molecule has 5 heteroatoms. The Hall–Kier alpha value is -2.56. The van der Waals surface area contributed by atoms with Crippen molar-refractivity contribution in [2.24, 2.45) is 0 Å². The normalized spacial score (nSPS) is 15.9. The Bertz CT molecular complexity index is 1050. The molecule has 1 aliphatic rings. The molecule has 3 aromatic rings. The maximum Gasteiger partial charge on any atom is 0.340 e. The number of nitrogens with one attached hydrogen (secondary N) is 1. The molecule has 1 amide bonds. The standard InChI is InChI=1S/C22H25NO4/c1-13-12-26-19-11-20-17(9-16(13)19)14(2)18(22(25)27-20)10-21(24)23-15-7-5-3-4-6-8-15/h9,11-12,15H,3-8,10H2,1-2H3,(H,23,24). The van der Waals surface area contributed by atoms with E-state index in [4.69, 9.17) is 8.83 Å². The van der Waals surface area contributed by atoms with Crippen LogP contribution in [0.3, 0.4) is 0 Å². The third-order valence-corrected chi connectivity index (χ3v) is 5.73. The average molecular weight is 367 g/mol. The van der Waals surface area contributed by atoms with Crippen molar-refractivity contribution in [3.63, 3.8) is 0 Å². The summed E-state index contributed by atoms with van der Waals surface area (Å²) < 4.78 is 11.0. The molecular formula is C22H25NO4. The highest BCUT2D eigenvalue weighted by atomic mass is 16.4. The summed E-state index contributed by atoms with van der Waals surface area (Å²) in [4.78, 5) is 25.1. The third kappa shape index (κ3) is 3.51. The predicted molar refractivity (Wildman–Crippen MR) is 105 cm³/mol. The minimum Gasteiger partial charge on any atom is -0.464 e. The summed E-state index contributed by atoms with van der Waals surface area (Å²) >= 11 is 0. The van der Waals surface area contributed by atoms with Crippen LogP contribution in [-0.4, -0.2) is 11.9 Å². The molecule has 1 N–H and O–H groups in total. The molecule has 1 aliphatic carbocycles. The van der Waals surface area contributed by atoms with Gasteiger partial charge in [-0.25, -0.2) is 4.79 Å². The van der Waals surface area contributed by atoms with Crippen LogP contribution in [0.2, 0.25) is 0 Å². The topological polar surface area (TPSA) is 72.5 Å². The molecule has 1 saturated carbocycles. The van der Waals surface area contributed by atoms with Gasteiger partial charge in [-0.1, -0.05) is 25.7 Å². The lowest BCUT2D eigenvalue weighted by Crippen LogP contribution is -2.36. The zero-order valence-electron chi connectivity index (χ0n) is 15.9. The first-order valence-electron chi connectivity index (χ1n) is 9.76. The van der Waals surface area contributed by atoms with E-state index in [1.807, 2.05) is 19.9 Å². The Kier molecular flexibility index (Phi) is 4.77. The van der Waals surface area contributed by atoms with Crippen LogP contribution in [-0.2, 0) is 11.2 Å². The average Bonchev–Trinajstić information content (AvgIpc) is 2.83. The number of rotatable bonds is 3. The van der Waals surface area contributed by atoms with Crippen molar-refractivity contribution in [3.05, 3.63) is 45.5 Å². The lowest BCUT2D eigenvalue weighted by atomic mass is 10.0. The fourth-order valence-corrected chi connectivity index (χ4v) is 4.10. The maximum atomic E-state index is 12.6. The Balaban J connectivity index is 1.64. The highest BCUT2D eigenvalue weighted by Gasteiger charge is 2.19. The predicted octanol–water partition coefficient (Wildman–Crippen LogP) is 4.54. The summed E-state index contributed by atoms with van der Waals surface area (Å²) in [5.41, 5.74) is 3.02. The van der Waals surface area contributed by atoms with Gasteiger partial charge in [0.15, 0.2) is 0 Å². The van der Waals surface area contributed by atoms with Crippen molar-refractivity contribution >= 4 is 27.8 Å². The van der Waals surface area contributed by atoms with E-state index in [-0.39, 0.29) is 18.4 Å². The van der Waals surface area contributed by atoms with Gasteiger partial charge in [0, 0.05) is 22.9 Å². The van der Waals surface area contributed by atoms with Crippen molar-refractivity contribution in [3.8, 4) is 0 Å². The molecule has 1 aromatic carbocycles. The minimum atomic E-state index is -0.446. The summed E-state index contributed by atoms with van der Waals surface area (Å²) in [6.07, 6.45) is 8.58. The van der Waals surface area contributed by atoms with E-state index in [0.717, 1.165) is 47.6 Å². The first-order valence-corrected chi connectivity index (χ1v) is 9.76. The highest BCUT2D eigenvalue weighted by molar-refractivity contribution is 5.96. The Morgan fingerprint density at radius 3 is 2.56 bits per heavy atom. The molecule has 5 nitrogen and oxygen atoms in total. The first-order chi connectivity index (χ1) is 13.0. The molecule has 2 aromatic heterocycles. The Labute approximate surface area is 157 Å². The van der Waals surface area contributed by atoms with Gasteiger partial charge in [-0.05, 0) is 43.9 Å². The molecule has 0 unspecified atom stereocenters. The van der Waals surface area contributed by atoms with Gasteiger partial charge in [0.05, 0.1) is 18.2 Å². The van der Waals surface area contributed by atoms with Gasteiger partial charge in [-0.3, -0.25) is 4.79 Å². The Morgan fingerprint density at radius 1 is 1.07 bits per heavy atom. The number of furan rings is 1. The number of aryl methyl sites for hydroxylation is 2. The van der Waals surface area contributed by atoms with E-state index >= 15 is 0 Å². The van der Waals surface area contributed by atoms with Gasteiger partial charge in [0.25, 0.3) is 0 Å². The fourth-order valence-electron chi connectivity index (χ4n) is 4.10. The highest BCUT2D eigenvalue weighted by Crippen LogP contribution is 2.29. The number of carbonyl (C=O) groups excluding carboxylic acids is 1. The van der Waals surface area contributed by atoms with Gasteiger partial charge in [0.1, 0.15) is 11.2 Å². The zero-order valence-corrected chi connectivity index (χ0v) is 15.9. The number of amides is 1. The van der Waals surface area contributed by atoms with Crippen LogP contribution in [0.25, 0.3) is 21.9 Å². The van der Waals surface area contributed by atoms with Crippen LogP contribution in [0.5, 0.6) is 0 Å². The minimum absolute atomic E-state index is 0.0585. The van der Waals surface area contributed by atoms with Crippen LogP contribution < -0.4 is 10.9 Å². The fraction of sp³-hybridized carbons (Fsp3) is 0.455. The van der Waals surface area contributed by atoms with Gasteiger partial charge in [0.2, 0.25) is 5.91 Å². The molecular weight excluding hydrogens is 342 g/mol. The summed E-state index contributed by atoms with van der Waals surface area (Å²) in [6.45, 7) is 3.86. The lowest BCUT2D eigenvalue weighted by molar-refractivity contribution is -0.121. The van der Waals surface area contributed by atoms with E-state index in [2.05, 4.69) is 5.32 Å². The number of carbonyl (C=O) groups is 1. The van der Waals surface area contributed by atoms with Crippen molar-refractivity contribution in [1.82, 2.24) is 5.32 Å². The summed E-state index contributed by atoms with van der Waals surface area (Å²) in [7, 11) is 0. The van der Waals surface area contributed by atoms with E-state index < -0.39 is 5.63 Å². The molecule has 0 spiro atoms. The second kappa shape index (κ2) is 7.22. The van der Waals surface area contributed by atoms with Gasteiger partial charge >= 0.3 is 5.63 Å². The molecule has 142 valence electrons. The quantitative estimate of drug-likeness (QED) is 0.545. The maximum absolute atomic E-state index is 12.6. The van der Waals surface area contributed by atoms with Crippen molar-refractivity contribution in [2.45, 2.75) is 64.8 Å². The SMILES string of the molecule is Cc1coc2cc3oc(=O)c(CC(=O)NC4CCCCCC4)c(C)c3cc12. The van der Waals surface area contributed by atoms with Gasteiger partial charge in [-0.15, -0.1) is 0 Å².